The molecule has 25 heavy (non-hydrogen) atoms. The number of imidazole rings is 1. The van der Waals surface area contributed by atoms with Crippen LogP contribution in [0.1, 0.15) is 17.3 Å². The second kappa shape index (κ2) is 5.51. The first-order valence-electron chi connectivity index (χ1n) is 7.91. The number of carbonyl (C=O) groups excluding carboxylic acids is 1. The number of likely N-dealkylation sites (tertiary alicyclic amines) is 1. The number of amides is 1. The summed E-state index contributed by atoms with van der Waals surface area (Å²) in [5.74, 6) is 0.266. The van der Waals surface area contributed by atoms with E-state index in [1.54, 1.807) is 24.9 Å². The standard InChI is InChI=1S/C17H16FN5O2/c1-10-19-7-14-15(20-10)23(16(24)21(14)2)17(25)22-8-12(9-22)11-4-3-5-13(18)6-11/h3-7,12H,8-9H2,1-2H3. The molecule has 1 saturated heterocycles. The summed E-state index contributed by atoms with van der Waals surface area (Å²) < 4.78 is 15.8. The van der Waals surface area contributed by atoms with E-state index in [4.69, 9.17) is 0 Å². The maximum Gasteiger partial charge on any atom is 0.338 e. The fraction of sp³-hybridized carbons (Fsp3) is 0.294. The number of hydrogen-bond acceptors (Lipinski definition) is 4. The van der Waals surface area contributed by atoms with Crippen molar-refractivity contribution in [3.63, 3.8) is 0 Å². The molecule has 7 nitrogen and oxygen atoms in total. The summed E-state index contributed by atoms with van der Waals surface area (Å²) in [6.45, 7) is 2.58. The van der Waals surface area contributed by atoms with Crippen molar-refractivity contribution in [1.82, 2.24) is 24.0 Å². The van der Waals surface area contributed by atoms with Gasteiger partial charge in [0.05, 0.1) is 6.20 Å². The SMILES string of the molecule is Cc1ncc2c(n1)n(C(=O)N1CC(c3cccc(F)c3)C1)c(=O)n2C. The van der Waals surface area contributed by atoms with Gasteiger partial charge in [0.1, 0.15) is 17.2 Å². The van der Waals surface area contributed by atoms with E-state index in [9.17, 15) is 14.0 Å². The predicted octanol–water partition coefficient (Wildman–Crippen LogP) is 1.65. The number of rotatable bonds is 1. The van der Waals surface area contributed by atoms with Gasteiger partial charge in [0.25, 0.3) is 0 Å². The number of aryl methyl sites for hydroxylation is 2. The molecule has 2 aromatic heterocycles. The van der Waals surface area contributed by atoms with Gasteiger partial charge in [-0.05, 0) is 24.6 Å². The van der Waals surface area contributed by atoms with Crippen molar-refractivity contribution in [2.75, 3.05) is 13.1 Å². The van der Waals surface area contributed by atoms with E-state index in [1.165, 1.54) is 22.9 Å². The number of nitrogens with zero attached hydrogens (tertiary/aromatic N) is 5. The Morgan fingerprint density at radius 3 is 2.80 bits per heavy atom. The molecule has 1 aromatic carbocycles. The van der Waals surface area contributed by atoms with Crippen molar-refractivity contribution in [3.05, 3.63) is 58.2 Å². The van der Waals surface area contributed by atoms with Crippen LogP contribution in [0.3, 0.4) is 0 Å². The minimum Gasteiger partial charge on any atom is -0.323 e. The fourth-order valence-corrected chi connectivity index (χ4v) is 3.12. The Bertz CT molecular complexity index is 1050. The number of carbonyl (C=O) groups is 1. The molecule has 1 amide bonds. The van der Waals surface area contributed by atoms with Crippen LogP contribution in [0.15, 0.2) is 35.3 Å². The quantitative estimate of drug-likeness (QED) is 0.675. The van der Waals surface area contributed by atoms with Gasteiger partial charge in [0, 0.05) is 26.1 Å². The largest absolute Gasteiger partial charge is 0.338 e. The van der Waals surface area contributed by atoms with Crippen LogP contribution in [0.2, 0.25) is 0 Å². The minimum atomic E-state index is -0.450. The zero-order valence-electron chi connectivity index (χ0n) is 13.8. The van der Waals surface area contributed by atoms with Gasteiger partial charge in [0.15, 0.2) is 5.65 Å². The van der Waals surface area contributed by atoms with Crippen molar-refractivity contribution < 1.29 is 9.18 Å². The van der Waals surface area contributed by atoms with Crippen molar-refractivity contribution in [3.8, 4) is 0 Å². The van der Waals surface area contributed by atoms with Crippen LogP contribution >= 0.6 is 0 Å². The van der Waals surface area contributed by atoms with Crippen molar-refractivity contribution in [2.24, 2.45) is 7.05 Å². The third-order valence-electron chi connectivity index (χ3n) is 4.59. The topological polar surface area (TPSA) is 73.0 Å². The zero-order valence-corrected chi connectivity index (χ0v) is 13.8. The van der Waals surface area contributed by atoms with Gasteiger partial charge in [0.2, 0.25) is 0 Å². The molecule has 0 N–H and O–H groups in total. The summed E-state index contributed by atoms with van der Waals surface area (Å²) in [6.07, 6.45) is 1.54. The lowest BCUT2D eigenvalue weighted by molar-refractivity contribution is 0.152. The number of benzene rings is 1. The number of hydrogen-bond donors (Lipinski definition) is 0. The van der Waals surface area contributed by atoms with Gasteiger partial charge in [-0.25, -0.2) is 23.9 Å². The normalized spacial score (nSPS) is 14.8. The van der Waals surface area contributed by atoms with Crippen molar-refractivity contribution >= 4 is 17.2 Å². The van der Waals surface area contributed by atoms with E-state index in [1.807, 2.05) is 6.07 Å². The average Bonchev–Trinajstić information content (AvgIpc) is 2.77. The Labute approximate surface area is 142 Å². The molecule has 1 aliphatic heterocycles. The van der Waals surface area contributed by atoms with E-state index >= 15 is 0 Å². The van der Waals surface area contributed by atoms with Crippen LogP contribution in [0.25, 0.3) is 11.2 Å². The highest BCUT2D eigenvalue weighted by molar-refractivity contribution is 5.87. The Morgan fingerprint density at radius 1 is 1.32 bits per heavy atom. The number of aromatic nitrogens is 4. The molecule has 3 heterocycles. The van der Waals surface area contributed by atoms with Gasteiger partial charge in [-0.15, -0.1) is 0 Å². The molecular weight excluding hydrogens is 325 g/mol. The third-order valence-corrected chi connectivity index (χ3v) is 4.59. The smallest absolute Gasteiger partial charge is 0.323 e. The first kappa shape index (κ1) is 15.5. The third kappa shape index (κ3) is 2.41. The maximum absolute atomic E-state index is 13.3. The summed E-state index contributed by atoms with van der Waals surface area (Å²) >= 11 is 0. The summed E-state index contributed by atoms with van der Waals surface area (Å²) in [5, 5.41) is 0. The van der Waals surface area contributed by atoms with E-state index in [-0.39, 0.29) is 11.7 Å². The molecule has 0 unspecified atom stereocenters. The second-order valence-electron chi connectivity index (χ2n) is 6.24. The molecule has 0 bridgehead atoms. The first-order chi connectivity index (χ1) is 12.0. The lowest BCUT2D eigenvalue weighted by Gasteiger charge is -2.39. The minimum absolute atomic E-state index is 0.0710. The molecular formula is C17H16FN5O2. The summed E-state index contributed by atoms with van der Waals surface area (Å²) in [5.41, 5.74) is 1.21. The molecule has 0 atom stereocenters. The number of halogens is 1. The molecule has 0 spiro atoms. The molecule has 1 aliphatic rings. The predicted molar refractivity (Wildman–Crippen MR) is 89.0 cm³/mol. The van der Waals surface area contributed by atoms with E-state index < -0.39 is 11.7 Å². The average molecular weight is 341 g/mol. The van der Waals surface area contributed by atoms with Gasteiger partial charge in [-0.2, -0.15) is 4.57 Å². The molecule has 4 rings (SSSR count). The fourth-order valence-electron chi connectivity index (χ4n) is 3.12. The highest BCUT2D eigenvalue weighted by Crippen LogP contribution is 2.28. The lowest BCUT2D eigenvalue weighted by atomic mass is 9.92. The molecule has 0 radical (unpaired) electrons. The zero-order chi connectivity index (χ0) is 17.7. The van der Waals surface area contributed by atoms with Gasteiger partial charge < -0.3 is 4.90 Å². The van der Waals surface area contributed by atoms with Crippen LogP contribution in [0, 0.1) is 12.7 Å². The lowest BCUT2D eigenvalue weighted by Crippen LogP contribution is -2.52. The van der Waals surface area contributed by atoms with Crippen molar-refractivity contribution in [1.29, 1.82) is 0 Å². The van der Waals surface area contributed by atoms with Crippen LogP contribution in [0.5, 0.6) is 0 Å². The van der Waals surface area contributed by atoms with E-state index in [2.05, 4.69) is 9.97 Å². The summed E-state index contributed by atoms with van der Waals surface area (Å²) in [7, 11) is 1.58. The second-order valence-corrected chi connectivity index (χ2v) is 6.24. The van der Waals surface area contributed by atoms with Crippen LogP contribution in [0.4, 0.5) is 9.18 Å². The highest BCUT2D eigenvalue weighted by Gasteiger charge is 2.34. The molecule has 3 aromatic rings. The van der Waals surface area contributed by atoms with Gasteiger partial charge in [-0.1, -0.05) is 12.1 Å². The molecule has 0 saturated carbocycles. The maximum atomic E-state index is 13.3. The Hall–Kier alpha value is -3.03. The Kier molecular flexibility index (Phi) is 3.41. The summed E-state index contributed by atoms with van der Waals surface area (Å²) in [4.78, 5) is 35.1. The molecule has 128 valence electrons. The monoisotopic (exact) mass is 341 g/mol. The van der Waals surface area contributed by atoms with Gasteiger partial charge >= 0.3 is 11.7 Å². The molecule has 8 heteroatoms. The first-order valence-corrected chi connectivity index (χ1v) is 7.91. The van der Waals surface area contributed by atoms with Crippen LogP contribution in [-0.4, -0.2) is 43.1 Å². The van der Waals surface area contributed by atoms with Crippen LogP contribution in [-0.2, 0) is 7.05 Å². The highest BCUT2D eigenvalue weighted by atomic mass is 19.1. The molecule has 1 fully saturated rings. The summed E-state index contributed by atoms with van der Waals surface area (Å²) in [6, 6.07) is 5.96. The molecule has 0 aliphatic carbocycles. The van der Waals surface area contributed by atoms with Gasteiger partial charge in [-0.3, -0.25) is 4.57 Å². The Balaban J connectivity index is 1.63. The van der Waals surface area contributed by atoms with Crippen molar-refractivity contribution in [2.45, 2.75) is 12.8 Å². The van der Waals surface area contributed by atoms with Crippen LogP contribution < -0.4 is 5.69 Å². The van der Waals surface area contributed by atoms with E-state index in [0.717, 1.165) is 10.1 Å². The number of fused-ring (bicyclic) bond motifs is 1. The van der Waals surface area contributed by atoms with E-state index in [0.29, 0.717) is 30.1 Å². The Morgan fingerprint density at radius 2 is 2.08 bits per heavy atom.